The van der Waals surface area contributed by atoms with Gasteiger partial charge < -0.3 is 9.47 Å². The molecule has 4 amide bonds. The summed E-state index contributed by atoms with van der Waals surface area (Å²) in [5, 5.41) is 13.4. The van der Waals surface area contributed by atoms with E-state index in [1.165, 1.54) is 23.1 Å². The van der Waals surface area contributed by atoms with Crippen LogP contribution in [0.25, 0.3) is 6.08 Å². The molecule has 4 rings (SSSR count). The van der Waals surface area contributed by atoms with Gasteiger partial charge in [-0.1, -0.05) is 37.5 Å². The lowest BCUT2D eigenvalue weighted by Crippen LogP contribution is -2.58. The molecule has 1 N–H and O–H groups in total. The van der Waals surface area contributed by atoms with Crippen molar-refractivity contribution in [3.05, 3.63) is 81.4 Å². The molecule has 2 fully saturated rings. The number of barbiturate groups is 1. The van der Waals surface area contributed by atoms with Crippen molar-refractivity contribution in [1.82, 2.24) is 10.2 Å². The molecule has 1 aliphatic carbocycles. The first-order valence-electron chi connectivity index (χ1n) is 13.0. The summed E-state index contributed by atoms with van der Waals surface area (Å²) < 4.78 is 11.9. The Morgan fingerprint density at radius 1 is 1.13 bits per heavy atom. The lowest BCUT2D eigenvalue weighted by Gasteiger charge is -2.35. The first kappa shape index (κ1) is 27.6. The molecule has 39 heavy (non-hydrogen) atoms. The molecule has 0 atom stereocenters. The van der Waals surface area contributed by atoms with Crippen LogP contribution in [0.2, 0.25) is 0 Å². The largest absolute Gasteiger partial charge is 0.490 e. The molecule has 1 saturated carbocycles. The van der Waals surface area contributed by atoms with Crippen LogP contribution in [0, 0.1) is 10.1 Å². The van der Waals surface area contributed by atoms with E-state index in [9.17, 15) is 24.5 Å². The molecule has 0 aromatic heterocycles. The first-order chi connectivity index (χ1) is 18.8. The second-order valence-corrected chi connectivity index (χ2v) is 9.43. The molecule has 10 nitrogen and oxygen atoms in total. The lowest BCUT2D eigenvalue weighted by molar-refractivity contribution is -0.384. The number of ether oxygens (including phenoxy) is 2. The number of benzene rings is 2. The fraction of sp³-hybridized carbons (Fsp3) is 0.345. The van der Waals surface area contributed by atoms with Crippen molar-refractivity contribution >= 4 is 29.6 Å². The predicted molar refractivity (Wildman–Crippen MR) is 144 cm³/mol. The molecular formula is C29H31N3O7. The summed E-state index contributed by atoms with van der Waals surface area (Å²) in [4.78, 5) is 50.4. The third-order valence-corrected chi connectivity index (χ3v) is 6.71. The molecule has 2 aromatic rings. The lowest BCUT2D eigenvalue weighted by atomic mass is 9.93. The highest BCUT2D eigenvalue weighted by molar-refractivity contribution is 6.31. The van der Waals surface area contributed by atoms with Gasteiger partial charge in [0.15, 0.2) is 11.5 Å². The minimum atomic E-state index is -0.744. The maximum Gasteiger partial charge on any atom is 0.331 e. The Hall–Kier alpha value is -4.47. The number of urea groups is 1. The number of imide groups is 2. The summed E-state index contributed by atoms with van der Waals surface area (Å²) in [6, 6.07) is 8.68. The zero-order chi connectivity index (χ0) is 27.9. The Balaban J connectivity index is 1.67. The maximum atomic E-state index is 13.3. The maximum absolute atomic E-state index is 13.3. The van der Waals surface area contributed by atoms with Crippen LogP contribution in [0.15, 0.2) is 54.6 Å². The summed E-state index contributed by atoms with van der Waals surface area (Å²) in [5.74, 6) is -0.530. The molecule has 2 aromatic carbocycles. The van der Waals surface area contributed by atoms with E-state index in [4.69, 9.17) is 9.47 Å². The van der Waals surface area contributed by atoms with E-state index in [2.05, 4.69) is 11.9 Å². The van der Waals surface area contributed by atoms with E-state index < -0.39 is 22.8 Å². The molecule has 1 saturated heterocycles. The van der Waals surface area contributed by atoms with E-state index in [1.54, 1.807) is 30.3 Å². The fourth-order valence-electron chi connectivity index (χ4n) is 4.92. The van der Waals surface area contributed by atoms with Crippen molar-refractivity contribution in [3.8, 4) is 11.5 Å². The number of amides is 4. The smallest absolute Gasteiger partial charge is 0.331 e. The quantitative estimate of drug-likeness (QED) is 0.148. The van der Waals surface area contributed by atoms with E-state index in [0.717, 1.165) is 32.1 Å². The van der Waals surface area contributed by atoms with Crippen molar-refractivity contribution < 1.29 is 28.8 Å². The average Bonchev–Trinajstić information content (AvgIpc) is 2.91. The van der Waals surface area contributed by atoms with E-state index in [-0.39, 0.29) is 23.9 Å². The van der Waals surface area contributed by atoms with Crippen molar-refractivity contribution in [2.24, 2.45) is 0 Å². The van der Waals surface area contributed by atoms with E-state index >= 15 is 0 Å². The number of allylic oxidation sites excluding steroid dienone is 1. The number of nitrogens with one attached hydrogen (secondary N) is 1. The van der Waals surface area contributed by atoms with Gasteiger partial charge in [0.1, 0.15) is 12.2 Å². The Morgan fingerprint density at radius 2 is 1.90 bits per heavy atom. The monoisotopic (exact) mass is 533 g/mol. The summed E-state index contributed by atoms with van der Waals surface area (Å²) in [7, 11) is 0. The van der Waals surface area contributed by atoms with Crippen molar-refractivity contribution in [3.63, 3.8) is 0 Å². The fourth-order valence-corrected chi connectivity index (χ4v) is 4.92. The number of hydrogen-bond acceptors (Lipinski definition) is 7. The van der Waals surface area contributed by atoms with Crippen LogP contribution < -0.4 is 14.8 Å². The highest BCUT2D eigenvalue weighted by Crippen LogP contribution is 2.36. The highest BCUT2D eigenvalue weighted by atomic mass is 16.6. The molecule has 10 heteroatoms. The molecule has 0 bridgehead atoms. The number of nitro groups is 1. The van der Waals surface area contributed by atoms with Gasteiger partial charge in [0.05, 0.1) is 11.5 Å². The Morgan fingerprint density at radius 3 is 2.59 bits per heavy atom. The molecule has 0 radical (unpaired) electrons. The standard InChI is InChI=1S/C29H31N3O7/c1-3-9-21-14-20(16-24-27(33)30-29(35)31(28(24)34)22-11-6-5-7-12-22)17-25(38-4-2)26(21)39-18-19-10-8-13-23(15-19)32(36)37/h3,8,10,13-17,22H,1,4-7,9,11-12,18H2,2H3,(H,30,33,35). The minimum absolute atomic E-state index is 0.0365. The zero-order valence-electron chi connectivity index (χ0n) is 21.8. The highest BCUT2D eigenvalue weighted by Gasteiger charge is 2.40. The third kappa shape index (κ3) is 6.34. The van der Waals surface area contributed by atoms with Gasteiger partial charge in [0.25, 0.3) is 17.5 Å². The molecule has 0 spiro atoms. The average molecular weight is 534 g/mol. The van der Waals surface area contributed by atoms with Crippen LogP contribution in [-0.4, -0.2) is 40.3 Å². The van der Waals surface area contributed by atoms with Crippen molar-refractivity contribution in [2.75, 3.05) is 6.61 Å². The minimum Gasteiger partial charge on any atom is -0.490 e. The third-order valence-electron chi connectivity index (χ3n) is 6.71. The van der Waals surface area contributed by atoms with Crippen molar-refractivity contribution in [1.29, 1.82) is 0 Å². The van der Waals surface area contributed by atoms with Gasteiger partial charge >= 0.3 is 6.03 Å². The van der Waals surface area contributed by atoms with E-state index in [0.29, 0.717) is 41.2 Å². The summed E-state index contributed by atoms with van der Waals surface area (Å²) in [6.07, 6.45) is 7.88. The first-order valence-corrected chi connectivity index (χ1v) is 13.0. The normalized spacial score (nSPS) is 17.2. The number of carbonyl (C=O) groups excluding carboxylic acids is 3. The summed E-state index contributed by atoms with van der Waals surface area (Å²) >= 11 is 0. The van der Waals surface area contributed by atoms with Crippen LogP contribution in [0.1, 0.15) is 55.7 Å². The molecule has 0 unspecified atom stereocenters. The SMILES string of the molecule is C=CCc1cc(C=C2C(=O)NC(=O)N(C3CCCCC3)C2=O)cc(OCC)c1OCc1cccc([N+](=O)[O-])c1. The van der Waals surface area contributed by atoms with Gasteiger partial charge in [0, 0.05) is 23.7 Å². The van der Waals surface area contributed by atoms with Crippen LogP contribution >= 0.6 is 0 Å². The number of non-ortho nitro benzene ring substituents is 1. The van der Waals surface area contributed by atoms with Gasteiger partial charge in [-0.3, -0.25) is 29.9 Å². The van der Waals surface area contributed by atoms with Crippen LogP contribution in [0.5, 0.6) is 11.5 Å². The zero-order valence-corrected chi connectivity index (χ0v) is 21.8. The number of nitrogens with zero attached hydrogens (tertiary/aromatic N) is 2. The summed E-state index contributed by atoms with van der Waals surface area (Å²) in [5.41, 5.74) is 1.66. The van der Waals surface area contributed by atoms with Crippen LogP contribution in [0.4, 0.5) is 10.5 Å². The molecule has 1 heterocycles. The Bertz CT molecular complexity index is 1330. The Labute approximate surface area is 226 Å². The van der Waals surface area contributed by atoms with Crippen molar-refractivity contribution in [2.45, 2.75) is 58.1 Å². The van der Waals surface area contributed by atoms with E-state index in [1.807, 2.05) is 6.92 Å². The van der Waals surface area contributed by atoms with Gasteiger partial charge in [0.2, 0.25) is 0 Å². The molecule has 204 valence electrons. The number of hydrogen-bond donors (Lipinski definition) is 1. The number of nitro benzene ring substituents is 1. The van der Waals surface area contributed by atoms with Gasteiger partial charge in [-0.2, -0.15) is 0 Å². The molecular weight excluding hydrogens is 502 g/mol. The molecule has 1 aliphatic heterocycles. The number of carbonyl (C=O) groups is 3. The van der Waals surface area contributed by atoms with Crippen LogP contribution in [0.3, 0.4) is 0 Å². The van der Waals surface area contributed by atoms with Gasteiger partial charge in [-0.05, 0) is 55.5 Å². The second-order valence-electron chi connectivity index (χ2n) is 9.43. The second kappa shape index (κ2) is 12.4. The molecule has 2 aliphatic rings. The van der Waals surface area contributed by atoms with Gasteiger partial charge in [-0.25, -0.2) is 4.79 Å². The predicted octanol–water partition coefficient (Wildman–Crippen LogP) is 5.10. The van der Waals surface area contributed by atoms with Gasteiger partial charge in [-0.15, -0.1) is 6.58 Å². The van der Waals surface area contributed by atoms with Crippen LogP contribution in [-0.2, 0) is 22.6 Å². The number of rotatable bonds is 10. The Kier molecular flexibility index (Phi) is 8.75. The topological polar surface area (TPSA) is 128 Å². The summed E-state index contributed by atoms with van der Waals surface area (Å²) in [6.45, 7) is 6.01.